The van der Waals surface area contributed by atoms with Gasteiger partial charge in [0.25, 0.3) is 21.6 Å². The molecule has 2 aliphatic rings. The van der Waals surface area contributed by atoms with Crippen molar-refractivity contribution in [2.24, 2.45) is 5.92 Å². The lowest BCUT2D eigenvalue weighted by molar-refractivity contribution is -0.384. The number of hydrogen-bond donors (Lipinski definition) is 0. The van der Waals surface area contributed by atoms with Crippen LogP contribution in [-0.4, -0.2) is 67.7 Å². The fourth-order valence-corrected chi connectivity index (χ4v) is 7.17. The molecule has 0 spiro atoms. The van der Waals surface area contributed by atoms with Crippen molar-refractivity contribution < 1.29 is 18.1 Å². The van der Waals surface area contributed by atoms with Gasteiger partial charge in [-0.2, -0.15) is 4.31 Å². The zero-order valence-corrected chi connectivity index (χ0v) is 20.4. The van der Waals surface area contributed by atoms with E-state index in [9.17, 15) is 23.3 Å². The number of hydrogen-bond acceptors (Lipinski definition) is 7. The molecule has 2 saturated heterocycles. The van der Waals surface area contributed by atoms with Crippen LogP contribution in [0.25, 0.3) is 0 Å². The van der Waals surface area contributed by atoms with Crippen LogP contribution < -0.4 is 4.90 Å². The normalized spacial score (nSPS) is 18.5. The molecule has 0 radical (unpaired) electrons. The van der Waals surface area contributed by atoms with E-state index in [1.807, 2.05) is 6.92 Å². The molecule has 0 atom stereocenters. The maximum Gasteiger partial charge on any atom is 0.270 e. The van der Waals surface area contributed by atoms with Crippen LogP contribution >= 0.6 is 11.3 Å². The van der Waals surface area contributed by atoms with E-state index in [0.717, 1.165) is 30.8 Å². The molecule has 33 heavy (non-hydrogen) atoms. The average molecular weight is 493 g/mol. The third-order valence-corrected chi connectivity index (χ3v) is 9.75. The van der Waals surface area contributed by atoms with Crippen LogP contribution in [0.5, 0.6) is 0 Å². The summed E-state index contributed by atoms with van der Waals surface area (Å²) in [5.41, 5.74) is 0.896. The van der Waals surface area contributed by atoms with E-state index in [2.05, 4.69) is 11.8 Å². The Morgan fingerprint density at radius 2 is 1.73 bits per heavy atom. The molecule has 2 aromatic rings. The predicted octanol–water partition coefficient (Wildman–Crippen LogP) is 3.35. The average Bonchev–Trinajstić information content (AvgIpc) is 3.26. The Balaban J connectivity index is 1.53. The number of non-ortho nitro benzene ring substituents is 1. The third-order valence-electron chi connectivity index (χ3n) is 6.38. The molecule has 2 aliphatic heterocycles. The first kappa shape index (κ1) is 23.7. The van der Waals surface area contributed by atoms with Crippen LogP contribution in [0.15, 0.2) is 34.5 Å². The van der Waals surface area contributed by atoms with Gasteiger partial charge in [0, 0.05) is 56.3 Å². The fraction of sp³-hybridized carbons (Fsp3) is 0.500. The van der Waals surface area contributed by atoms with Crippen LogP contribution in [0.2, 0.25) is 0 Å². The molecule has 0 N–H and O–H groups in total. The Morgan fingerprint density at radius 1 is 1.06 bits per heavy atom. The van der Waals surface area contributed by atoms with Gasteiger partial charge < -0.3 is 9.80 Å². The van der Waals surface area contributed by atoms with Gasteiger partial charge in [0.2, 0.25) is 0 Å². The maximum atomic E-state index is 13.4. The second kappa shape index (κ2) is 9.40. The highest BCUT2D eigenvalue weighted by molar-refractivity contribution is 7.91. The summed E-state index contributed by atoms with van der Waals surface area (Å²) >= 11 is 1.23. The van der Waals surface area contributed by atoms with E-state index in [-0.39, 0.29) is 37.8 Å². The molecule has 1 aromatic heterocycles. The largest absolute Gasteiger partial charge is 0.371 e. The van der Waals surface area contributed by atoms with Gasteiger partial charge in [-0.3, -0.25) is 14.9 Å². The Labute approximate surface area is 197 Å². The molecule has 4 rings (SSSR count). The molecule has 0 unspecified atom stereocenters. The maximum absolute atomic E-state index is 13.4. The quantitative estimate of drug-likeness (QED) is 0.468. The van der Waals surface area contributed by atoms with E-state index >= 15 is 0 Å². The smallest absolute Gasteiger partial charge is 0.270 e. The molecule has 1 aromatic carbocycles. The second-order valence-electron chi connectivity index (χ2n) is 8.69. The number of amides is 1. The van der Waals surface area contributed by atoms with Gasteiger partial charge in [0.1, 0.15) is 4.21 Å². The summed E-state index contributed by atoms with van der Waals surface area (Å²) in [5, 5.41) is 11.4. The monoisotopic (exact) mass is 492 g/mol. The molecule has 178 valence electrons. The number of carbonyl (C=O) groups is 1. The molecule has 2 fully saturated rings. The Morgan fingerprint density at radius 3 is 2.30 bits per heavy atom. The van der Waals surface area contributed by atoms with Crippen molar-refractivity contribution in [1.29, 1.82) is 0 Å². The lowest BCUT2D eigenvalue weighted by Gasteiger charge is -2.36. The minimum atomic E-state index is -3.59. The first-order valence-corrected chi connectivity index (χ1v) is 13.3. The second-order valence-corrected chi connectivity index (χ2v) is 12.1. The highest BCUT2D eigenvalue weighted by Gasteiger charge is 2.33. The number of carbonyl (C=O) groups excluding carboxylic acids is 1. The van der Waals surface area contributed by atoms with Crippen LogP contribution in [0, 0.1) is 23.0 Å². The van der Waals surface area contributed by atoms with Crippen LogP contribution in [-0.2, 0) is 10.0 Å². The van der Waals surface area contributed by atoms with Gasteiger partial charge >= 0.3 is 0 Å². The highest BCUT2D eigenvalue weighted by Crippen LogP contribution is 2.31. The summed E-state index contributed by atoms with van der Waals surface area (Å²) in [6, 6.07) is 7.86. The van der Waals surface area contributed by atoms with Crippen molar-refractivity contribution in [2.75, 3.05) is 44.2 Å². The van der Waals surface area contributed by atoms with E-state index in [1.165, 1.54) is 27.8 Å². The summed E-state index contributed by atoms with van der Waals surface area (Å²) in [4.78, 5) is 29.0. The number of nitro benzene ring substituents is 1. The van der Waals surface area contributed by atoms with E-state index < -0.39 is 14.9 Å². The highest BCUT2D eigenvalue weighted by atomic mass is 32.2. The van der Waals surface area contributed by atoms with Crippen molar-refractivity contribution in [1.82, 2.24) is 9.21 Å². The number of benzene rings is 1. The number of nitro groups is 1. The van der Waals surface area contributed by atoms with Crippen molar-refractivity contribution in [3.05, 3.63) is 50.9 Å². The topological polar surface area (TPSA) is 104 Å². The summed E-state index contributed by atoms with van der Waals surface area (Å²) in [7, 11) is -3.59. The van der Waals surface area contributed by atoms with Gasteiger partial charge in [0.05, 0.1) is 16.2 Å². The zero-order valence-electron chi connectivity index (χ0n) is 18.8. The number of rotatable bonds is 5. The van der Waals surface area contributed by atoms with E-state index in [4.69, 9.17) is 0 Å². The molecule has 0 saturated carbocycles. The van der Waals surface area contributed by atoms with Crippen molar-refractivity contribution in [3.63, 3.8) is 0 Å². The molecule has 0 aliphatic carbocycles. The summed E-state index contributed by atoms with van der Waals surface area (Å²) in [5.74, 6) is 0.317. The van der Waals surface area contributed by atoms with Gasteiger partial charge in [0.15, 0.2) is 0 Å². The molecule has 1 amide bonds. The standard InChI is InChI=1S/C22H28N4O5S2/c1-16-7-9-23(10-8-16)20-5-4-18(26(28)29)15-19(20)22(27)24-11-13-25(14-12-24)33(30,31)21-6-3-17(2)32-21/h3-6,15-16H,7-14H2,1-2H3. The fourth-order valence-electron chi connectivity index (χ4n) is 4.31. The SMILES string of the molecule is Cc1ccc(S(=O)(=O)N2CCN(C(=O)c3cc([N+](=O)[O-])ccc3N3CCC(C)CC3)CC2)s1. The number of piperazine rings is 1. The number of sulfonamides is 1. The Bertz CT molecular complexity index is 1150. The molecule has 11 heteroatoms. The minimum Gasteiger partial charge on any atom is -0.371 e. The van der Waals surface area contributed by atoms with Crippen molar-refractivity contribution in [2.45, 2.75) is 30.9 Å². The van der Waals surface area contributed by atoms with Gasteiger partial charge in [-0.25, -0.2) is 8.42 Å². The predicted molar refractivity (Wildman–Crippen MR) is 127 cm³/mol. The third kappa shape index (κ3) is 4.90. The summed E-state index contributed by atoms with van der Waals surface area (Å²) < 4.78 is 27.5. The minimum absolute atomic E-state index is 0.123. The zero-order chi connectivity index (χ0) is 23.8. The molecule has 9 nitrogen and oxygen atoms in total. The first-order chi connectivity index (χ1) is 15.7. The summed E-state index contributed by atoms with van der Waals surface area (Å²) in [6.45, 7) is 6.51. The number of nitrogens with zero attached hydrogens (tertiary/aromatic N) is 4. The summed E-state index contributed by atoms with van der Waals surface area (Å²) in [6.07, 6.45) is 2.01. The molecule has 0 bridgehead atoms. The number of anilines is 1. The van der Waals surface area contributed by atoms with Gasteiger partial charge in [-0.05, 0) is 43.9 Å². The van der Waals surface area contributed by atoms with Crippen LogP contribution in [0.4, 0.5) is 11.4 Å². The molecular weight excluding hydrogens is 464 g/mol. The number of thiophene rings is 1. The Kier molecular flexibility index (Phi) is 6.73. The molecule has 3 heterocycles. The molecular formula is C22H28N4O5S2. The first-order valence-electron chi connectivity index (χ1n) is 11.1. The van der Waals surface area contributed by atoms with Gasteiger partial charge in [-0.1, -0.05) is 6.92 Å². The number of piperidine rings is 1. The van der Waals surface area contributed by atoms with Crippen LogP contribution in [0.1, 0.15) is 35.0 Å². The van der Waals surface area contributed by atoms with E-state index in [0.29, 0.717) is 21.4 Å². The van der Waals surface area contributed by atoms with Gasteiger partial charge in [-0.15, -0.1) is 11.3 Å². The van der Waals surface area contributed by atoms with Crippen LogP contribution in [0.3, 0.4) is 0 Å². The van der Waals surface area contributed by atoms with Crippen molar-refractivity contribution in [3.8, 4) is 0 Å². The Hall–Kier alpha value is -2.50. The van der Waals surface area contributed by atoms with Crippen molar-refractivity contribution >= 4 is 38.6 Å². The lowest BCUT2D eigenvalue weighted by atomic mass is 9.97. The number of aryl methyl sites for hydroxylation is 1. The van der Waals surface area contributed by atoms with E-state index in [1.54, 1.807) is 23.1 Å². The lowest BCUT2D eigenvalue weighted by Crippen LogP contribution is -2.50.